The van der Waals surface area contributed by atoms with Crippen LogP contribution in [0.3, 0.4) is 0 Å². The number of anilines is 1. The fraction of sp³-hybridized carbons (Fsp3) is 0.100. The third-order valence-electron chi connectivity index (χ3n) is 6.07. The van der Waals surface area contributed by atoms with Crippen LogP contribution >= 0.6 is 15.9 Å². The number of ether oxygens (including phenoxy) is 2. The fourth-order valence-electron chi connectivity index (χ4n) is 4.22. The van der Waals surface area contributed by atoms with E-state index in [4.69, 9.17) is 9.47 Å². The highest BCUT2D eigenvalue weighted by atomic mass is 79.9. The standard InChI is InChI=1S/C30H23BrN2O5/c1-2-37-22-14-12-21(13-15-22)33-29(35)25(28(34)32-30(33)36)17-24-23-9-5-3-7-19(23)11-16-27(24)38-18-20-8-4-6-10-26(20)31/h3-17H,2,18H2,1H3,(H,32,34,36)/b25-17+. The minimum Gasteiger partial charge on any atom is -0.494 e. The molecule has 0 unspecified atom stereocenters. The Morgan fingerprint density at radius 3 is 2.37 bits per heavy atom. The summed E-state index contributed by atoms with van der Waals surface area (Å²) >= 11 is 3.54. The van der Waals surface area contributed by atoms with Gasteiger partial charge in [-0.3, -0.25) is 14.9 Å². The SMILES string of the molecule is CCOc1ccc(N2C(=O)NC(=O)/C(=C\c3c(OCc4ccccc4Br)ccc4ccccc34)C2=O)cc1. The van der Waals surface area contributed by atoms with Crippen molar-refractivity contribution in [3.05, 3.63) is 106 Å². The Kier molecular flexibility index (Phi) is 7.24. The van der Waals surface area contributed by atoms with Crippen molar-refractivity contribution < 1.29 is 23.9 Å². The summed E-state index contributed by atoms with van der Waals surface area (Å²) in [5, 5.41) is 4.00. The van der Waals surface area contributed by atoms with Crippen LogP contribution in [0.4, 0.5) is 10.5 Å². The van der Waals surface area contributed by atoms with Crippen molar-refractivity contribution in [2.45, 2.75) is 13.5 Å². The quantitative estimate of drug-likeness (QED) is 0.210. The van der Waals surface area contributed by atoms with Crippen LogP contribution in [0.5, 0.6) is 11.5 Å². The van der Waals surface area contributed by atoms with E-state index in [1.807, 2.05) is 67.6 Å². The Hall–Kier alpha value is -4.43. The van der Waals surface area contributed by atoms with Crippen LogP contribution in [-0.2, 0) is 16.2 Å². The molecule has 7 nitrogen and oxygen atoms in total. The maximum Gasteiger partial charge on any atom is 0.335 e. The lowest BCUT2D eigenvalue weighted by Gasteiger charge is -2.26. The van der Waals surface area contributed by atoms with E-state index in [0.717, 1.165) is 25.7 Å². The number of carbonyl (C=O) groups is 3. The number of barbiturate groups is 1. The van der Waals surface area contributed by atoms with Crippen LogP contribution in [0.15, 0.2) is 95.0 Å². The number of hydrogen-bond acceptors (Lipinski definition) is 5. The molecule has 5 rings (SSSR count). The van der Waals surface area contributed by atoms with Gasteiger partial charge in [0.2, 0.25) is 0 Å². The van der Waals surface area contributed by atoms with E-state index in [1.165, 1.54) is 6.08 Å². The lowest BCUT2D eigenvalue weighted by molar-refractivity contribution is -0.122. The van der Waals surface area contributed by atoms with Crippen LogP contribution < -0.4 is 19.7 Å². The van der Waals surface area contributed by atoms with Crippen LogP contribution in [0, 0.1) is 0 Å². The molecule has 1 fully saturated rings. The summed E-state index contributed by atoms with van der Waals surface area (Å²) in [5.41, 5.74) is 1.64. The molecule has 0 radical (unpaired) electrons. The second-order valence-electron chi connectivity index (χ2n) is 8.46. The lowest BCUT2D eigenvalue weighted by atomic mass is 9.99. The second-order valence-corrected chi connectivity index (χ2v) is 9.32. The highest BCUT2D eigenvalue weighted by molar-refractivity contribution is 9.10. The van der Waals surface area contributed by atoms with E-state index in [1.54, 1.807) is 24.3 Å². The number of amides is 4. The molecule has 4 aromatic rings. The van der Waals surface area contributed by atoms with Gasteiger partial charge in [0.25, 0.3) is 11.8 Å². The lowest BCUT2D eigenvalue weighted by Crippen LogP contribution is -2.54. The molecule has 0 aliphatic carbocycles. The first-order valence-corrected chi connectivity index (χ1v) is 12.8. The smallest absolute Gasteiger partial charge is 0.335 e. The zero-order chi connectivity index (χ0) is 26.6. The van der Waals surface area contributed by atoms with Gasteiger partial charge in [-0.1, -0.05) is 64.5 Å². The molecule has 4 amide bonds. The van der Waals surface area contributed by atoms with Gasteiger partial charge >= 0.3 is 6.03 Å². The third-order valence-corrected chi connectivity index (χ3v) is 6.84. The maximum atomic E-state index is 13.5. The van der Waals surface area contributed by atoms with Crippen LogP contribution in [-0.4, -0.2) is 24.5 Å². The molecule has 4 aromatic carbocycles. The monoisotopic (exact) mass is 570 g/mol. The summed E-state index contributed by atoms with van der Waals surface area (Å²) in [6.45, 7) is 2.62. The van der Waals surface area contributed by atoms with Gasteiger partial charge in [0.05, 0.1) is 12.3 Å². The number of imide groups is 2. The molecule has 1 heterocycles. The molecule has 1 N–H and O–H groups in total. The number of halogens is 1. The maximum absolute atomic E-state index is 13.5. The Labute approximate surface area is 227 Å². The zero-order valence-corrected chi connectivity index (χ0v) is 22.0. The summed E-state index contributed by atoms with van der Waals surface area (Å²) in [6, 6.07) is 24.8. The molecule has 1 saturated heterocycles. The summed E-state index contributed by atoms with van der Waals surface area (Å²) in [5.74, 6) is -0.396. The number of carbonyl (C=O) groups excluding carboxylic acids is 3. The van der Waals surface area contributed by atoms with E-state index >= 15 is 0 Å². The Morgan fingerprint density at radius 1 is 0.868 bits per heavy atom. The van der Waals surface area contributed by atoms with Crippen molar-refractivity contribution in [3.8, 4) is 11.5 Å². The van der Waals surface area contributed by atoms with Crippen molar-refractivity contribution in [1.82, 2.24) is 5.32 Å². The molecular formula is C30H23BrN2O5. The van der Waals surface area contributed by atoms with Crippen LogP contribution in [0.25, 0.3) is 16.8 Å². The first-order chi connectivity index (χ1) is 18.5. The molecule has 38 heavy (non-hydrogen) atoms. The van der Waals surface area contributed by atoms with Gasteiger partial charge in [0.1, 0.15) is 23.7 Å². The van der Waals surface area contributed by atoms with Crippen molar-refractivity contribution in [2.24, 2.45) is 0 Å². The first kappa shape index (κ1) is 25.2. The van der Waals surface area contributed by atoms with Crippen molar-refractivity contribution in [3.63, 3.8) is 0 Å². The molecule has 0 spiro atoms. The van der Waals surface area contributed by atoms with Gasteiger partial charge < -0.3 is 9.47 Å². The fourth-order valence-corrected chi connectivity index (χ4v) is 4.61. The summed E-state index contributed by atoms with van der Waals surface area (Å²) in [7, 11) is 0. The molecule has 1 aliphatic heterocycles. The van der Waals surface area contributed by atoms with Crippen molar-refractivity contribution in [2.75, 3.05) is 11.5 Å². The van der Waals surface area contributed by atoms with E-state index in [-0.39, 0.29) is 12.2 Å². The minimum atomic E-state index is -0.815. The predicted molar refractivity (Wildman–Crippen MR) is 149 cm³/mol. The minimum absolute atomic E-state index is 0.180. The Morgan fingerprint density at radius 2 is 1.61 bits per heavy atom. The largest absolute Gasteiger partial charge is 0.494 e. The summed E-state index contributed by atoms with van der Waals surface area (Å²) in [4.78, 5) is 40.0. The first-order valence-electron chi connectivity index (χ1n) is 12.0. The summed E-state index contributed by atoms with van der Waals surface area (Å²) < 4.78 is 12.5. The predicted octanol–water partition coefficient (Wildman–Crippen LogP) is 6.25. The highest BCUT2D eigenvalue weighted by Crippen LogP contribution is 2.33. The normalized spacial score (nSPS) is 14.6. The number of urea groups is 1. The van der Waals surface area contributed by atoms with E-state index in [0.29, 0.717) is 29.4 Å². The average molecular weight is 571 g/mol. The highest BCUT2D eigenvalue weighted by Gasteiger charge is 2.37. The molecule has 8 heteroatoms. The van der Waals surface area contributed by atoms with E-state index < -0.39 is 17.8 Å². The Bertz CT molecular complexity index is 1580. The number of fused-ring (bicyclic) bond motifs is 1. The molecule has 190 valence electrons. The van der Waals surface area contributed by atoms with Gasteiger partial charge in [0.15, 0.2) is 0 Å². The number of benzene rings is 4. The van der Waals surface area contributed by atoms with E-state index in [2.05, 4.69) is 21.2 Å². The average Bonchev–Trinajstić information content (AvgIpc) is 2.92. The molecule has 0 aromatic heterocycles. The van der Waals surface area contributed by atoms with Gasteiger partial charge in [-0.15, -0.1) is 0 Å². The number of nitrogens with zero attached hydrogens (tertiary/aromatic N) is 1. The number of nitrogens with one attached hydrogen (secondary N) is 1. The zero-order valence-electron chi connectivity index (χ0n) is 20.4. The third kappa shape index (κ3) is 5.03. The molecule has 0 saturated carbocycles. The number of rotatable bonds is 7. The van der Waals surface area contributed by atoms with Gasteiger partial charge in [-0.05, 0) is 60.2 Å². The Balaban J connectivity index is 1.55. The van der Waals surface area contributed by atoms with Gasteiger partial charge in [-0.2, -0.15) is 0 Å². The molecule has 0 bridgehead atoms. The van der Waals surface area contributed by atoms with Gasteiger partial charge in [0, 0.05) is 15.6 Å². The number of hydrogen-bond donors (Lipinski definition) is 1. The second kappa shape index (κ2) is 10.9. The van der Waals surface area contributed by atoms with Crippen molar-refractivity contribution in [1.29, 1.82) is 0 Å². The van der Waals surface area contributed by atoms with Crippen LogP contribution in [0.1, 0.15) is 18.1 Å². The molecule has 1 aliphatic rings. The van der Waals surface area contributed by atoms with Gasteiger partial charge in [-0.25, -0.2) is 9.69 Å². The van der Waals surface area contributed by atoms with E-state index in [9.17, 15) is 14.4 Å². The summed E-state index contributed by atoms with van der Waals surface area (Å²) in [6.07, 6.45) is 1.49. The molecular weight excluding hydrogens is 548 g/mol. The van der Waals surface area contributed by atoms with Crippen LogP contribution in [0.2, 0.25) is 0 Å². The topological polar surface area (TPSA) is 84.9 Å². The molecule has 0 atom stereocenters. The van der Waals surface area contributed by atoms with Crippen molar-refractivity contribution >= 4 is 56.3 Å².